The number of rotatable bonds is 5. The first-order chi connectivity index (χ1) is 12.7. The molecule has 2 atom stereocenters. The van der Waals surface area contributed by atoms with Crippen LogP contribution in [-0.2, 0) is 17.6 Å². The minimum atomic E-state index is 0.257. The number of hydrogen-bond acceptors (Lipinski definition) is 3. The Morgan fingerprint density at radius 1 is 1.15 bits per heavy atom. The third-order valence-corrected chi connectivity index (χ3v) is 6.24. The summed E-state index contributed by atoms with van der Waals surface area (Å²) in [5.41, 5.74) is 2.39. The summed E-state index contributed by atoms with van der Waals surface area (Å²) in [6.07, 6.45) is 9.16. The zero-order valence-corrected chi connectivity index (χ0v) is 16.1. The minimum Gasteiger partial charge on any atom is -0.490 e. The molecule has 0 saturated carbocycles. The summed E-state index contributed by atoms with van der Waals surface area (Å²) in [5.74, 6) is 1.30. The van der Waals surface area contributed by atoms with Gasteiger partial charge in [0.15, 0.2) is 0 Å². The minimum absolute atomic E-state index is 0.257. The fourth-order valence-corrected chi connectivity index (χ4v) is 4.83. The van der Waals surface area contributed by atoms with Crippen molar-refractivity contribution in [3.63, 3.8) is 0 Å². The molecule has 1 aromatic rings. The number of likely N-dealkylation sites (tertiary alicyclic amines) is 2. The standard InChI is InChI=1S/C22H32N2O2/c1-17-14-19-15-18(7-8-21(19)26-17)16-22(25)24-12-3-2-6-20(24)9-13-23-10-4-5-11-23/h7-8,15,17,20H,2-6,9-14,16H2,1H3/t17-,20-/m1/s1. The van der Waals surface area contributed by atoms with Crippen LogP contribution in [-0.4, -0.2) is 54.0 Å². The Labute approximate surface area is 157 Å². The highest BCUT2D eigenvalue weighted by Gasteiger charge is 2.28. The van der Waals surface area contributed by atoms with E-state index in [2.05, 4.69) is 28.9 Å². The van der Waals surface area contributed by atoms with Gasteiger partial charge in [-0.2, -0.15) is 0 Å². The van der Waals surface area contributed by atoms with E-state index in [1.807, 2.05) is 6.07 Å². The molecule has 142 valence electrons. The normalized spacial score (nSPS) is 26.0. The molecule has 1 amide bonds. The summed E-state index contributed by atoms with van der Waals surface area (Å²) < 4.78 is 5.78. The highest BCUT2D eigenvalue weighted by molar-refractivity contribution is 5.79. The molecule has 26 heavy (non-hydrogen) atoms. The van der Waals surface area contributed by atoms with E-state index in [0.717, 1.165) is 43.7 Å². The van der Waals surface area contributed by atoms with Crippen molar-refractivity contribution in [2.75, 3.05) is 26.2 Å². The number of fused-ring (bicyclic) bond motifs is 1. The monoisotopic (exact) mass is 356 g/mol. The van der Waals surface area contributed by atoms with Gasteiger partial charge in [0.05, 0.1) is 6.42 Å². The number of carbonyl (C=O) groups is 1. The van der Waals surface area contributed by atoms with Crippen LogP contribution in [0.4, 0.5) is 0 Å². The van der Waals surface area contributed by atoms with E-state index < -0.39 is 0 Å². The lowest BCUT2D eigenvalue weighted by Crippen LogP contribution is -2.45. The predicted octanol–water partition coefficient (Wildman–Crippen LogP) is 3.42. The Balaban J connectivity index is 1.36. The van der Waals surface area contributed by atoms with Crippen molar-refractivity contribution in [3.8, 4) is 5.75 Å². The lowest BCUT2D eigenvalue weighted by Gasteiger charge is -2.37. The number of hydrogen-bond donors (Lipinski definition) is 0. The van der Waals surface area contributed by atoms with Gasteiger partial charge in [0.2, 0.25) is 5.91 Å². The Bertz CT molecular complexity index is 639. The van der Waals surface area contributed by atoms with Crippen LogP contribution < -0.4 is 4.74 Å². The maximum absolute atomic E-state index is 13.0. The van der Waals surface area contributed by atoms with Crippen molar-refractivity contribution >= 4 is 5.91 Å². The second-order valence-corrected chi connectivity index (χ2v) is 8.33. The zero-order chi connectivity index (χ0) is 17.9. The van der Waals surface area contributed by atoms with Crippen molar-refractivity contribution in [1.29, 1.82) is 0 Å². The molecule has 2 saturated heterocycles. The van der Waals surface area contributed by atoms with Crippen molar-refractivity contribution in [2.24, 2.45) is 0 Å². The van der Waals surface area contributed by atoms with Gasteiger partial charge in [0, 0.05) is 25.6 Å². The highest BCUT2D eigenvalue weighted by Crippen LogP contribution is 2.30. The van der Waals surface area contributed by atoms with Crippen LogP contribution >= 0.6 is 0 Å². The maximum Gasteiger partial charge on any atom is 0.227 e. The molecule has 0 aliphatic carbocycles. The molecule has 0 radical (unpaired) electrons. The van der Waals surface area contributed by atoms with E-state index >= 15 is 0 Å². The van der Waals surface area contributed by atoms with Gasteiger partial charge in [-0.3, -0.25) is 4.79 Å². The third kappa shape index (κ3) is 4.06. The topological polar surface area (TPSA) is 32.8 Å². The second-order valence-electron chi connectivity index (χ2n) is 8.33. The van der Waals surface area contributed by atoms with E-state index in [1.165, 1.54) is 44.3 Å². The maximum atomic E-state index is 13.0. The van der Waals surface area contributed by atoms with Crippen LogP contribution in [0.15, 0.2) is 18.2 Å². The fraction of sp³-hybridized carbons (Fsp3) is 0.682. The summed E-state index contributed by atoms with van der Waals surface area (Å²) >= 11 is 0. The van der Waals surface area contributed by atoms with E-state index in [1.54, 1.807) is 0 Å². The zero-order valence-electron chi connectivity index (χ0n) is 16.1. The van der Waals surface area contributed by atoms with E-state index in [4.69, 9.17) is 4.74 Å². The molecule has 3 heterocycles. The van der Waals surface area contributed by atoms with E-state index in [-0.39, 0.29) is 6.10 Å². The van der Waals surface area contributed by atoms with Crippen LogP contribution in [0.2, 0.25) is 0 Å². The Hall–Kier alpha value is -1.55. The lowest BCUT2D eigenvalue weighted by molar-refractivity contribution is -0.134. The van der Waals surface area contributed by atoms with Crippen molar-refractivity contribution in [1.82, 2.24) is 9.80 Å². The summed E-state index contributed by atoms with van der Waals surface area (Å²) in [4.78, 5) is 17.8. The lowest BCUT2D eigenvalue weighted by atomic mass is 9.97. The molecule has 1 aromatic carbocycles. The number of carbonyl (C=O) groups excluding carboxylic acids is 1. The van der Waals surface area contributed by atoms with Gasteiger partial charge >= 0.3 is 0 Å². The number of amides is 1. The van der Waals surface area contributed by atoms with Crippen LogP contribution in [0.3, 0.4) is 0 Å². The Kier molecular flexibility index (Phi) is 5.49. The number of ether oxygens (including phenoxy) is 1. The molecular formula is C22H32N2O2. The van der Waals surface area contributed by atoms with Gasteiger partial charge in [-0.05, 0) is 75.7 Å². The molecule has 4 heteroatoms. The molecule has 4 nitrogen and oxygen atoms in total. The fourth-order valence-electron chi connectivity index (χ4n) is 4.83. The molecule has 2 fully saturated rings. The summed E-state index contributed by atoms with van der Waals surface area (Å²) in [7, 11) is 0. The summed E-state index contributed by atoms with van der Waals surface area (Å²) in [6.45, 7) is 6.69. The predicted molar refractivity (Wildman–Crippen MR) is 104 cm³/mol. The average Bonchev–Trinajstić information content (AvgIpc) is 3.28. The number of piperidine rings is 1. The molecule has 0 unspecified atom stereocenters. The van der Waals surface area contributed by atoms with Crippen molar-refractivity contribution < 1.29 is 9.53 Å². The van der Waals surface area contributed by atoms with Crippen molar-refractivity contribution in [2.45, 2.75) is 70.4 Å². The number of nitrogens with zero attached hydrogens (tertiary/aromatic N) is 2. The SMILES string of the molecule is C[C@@H]1Cc2cc(CC(=O)N3CCCC[C@@H]3CCN3CCCC3)ccc2O1. The molecule has 0 aromatic heterocycles. The first kappa shape index (κ1) is 17.8. The third-order valence-electron chi connectivity index (χ3n) is 6.24. The first-order valence-electron chi connectivity index (χ1n) is 10.5. The van der Waals surface area contributed by atoms with E-state index in [0.29, 0.717) is 18.4 Å². The average molecular weight is 357 g/mol. The van der Waals surface area contributed by atoms with Gasteiger partial charge in [-0.25, -0.2) is 0 Å². The van der Waals surface area contributed by atoms with Crippen LogP contribution in [0.1, 0.15) is 56.6 Å². The van der Waals surface area contributed by atoms with Gasteiger partial charge in [0.1, 0.15) is 11.9 Å². The first-order valence-corrected chi connectivity index (χ1v) is 10.5. The van der Waals surface area contributed by atoms with Gasteiger partial charge in [-0.1, -0.05) is 12.1 Å². The molecule has 3 aliphatic heterocycles. The second kappa shape index (κ2) is 7.99. The quantitative estimate of drug-likeness (QED) is 0.810. The van der Waals surface area contributed by atoms with Crippen LogP contribution in [0.25, 0.3) is 0 Å². The van der Waals surface area contributed by atoms with E-state index in [9.17, 15) is 4.79 Å². The number of benzene rings is 1. The molecular weight excluding hydrogens is 324 g/mol. The van der Waals surface area contributed by atoms with Gasteiger partial charge in [0.25, 0.3) is 0 Å². The van der Waals surface area contributed by atoms with Gasteiger partial charge in [-0.15, -0.1) is 0 Å². The highest BCUT2D eigenvalue weighted by atomic mass is 16.5. The smallest absolute Gasteiger partial charge is 0.227 e. The molecule has 0 bridgehead atoms. The van der Waals surface area contributed by atoms with Crippen LogP contribution in [0, 0.1) is 0 Å². The Morgan fingerprint density at radius 3 is 2.81 bits per heavy atom. The molecule has 0 spiro atoms. The van der Waals surface area contributed by atoms with Gasteiger partial charge < -0.3 is 14.5 Å². The summed E-state index contributed by atoms with van der Waals surface area (Å²) in [5, 5.41) is 0. The largest absolute Gasteiger partial charge is 0.490 e. The molecule has 4 rings (SSSR count). The molecule has 0 N–H and O–H groups in total. The Morgan fingerprint density at radius 2 is 1.96 bits per heavy atom. The van der Waals surface area contributed by atoms with Crippen LogP contribution in [0.5, 0.6) is 5.75 Å². The molecule has 3 aliphatic rings. The van der Waals surface area contributed by atoms with Crippen molar-refractivity contribution in [3.05, 3.63) is 29.3 Å². The summed E-state index contributed by atoms with van der Waals surface area (Å²) in [6, 6.07) is 6.73.